The molecule has 0 fully saturated rings. The van der Waals surface area contributed by atoms with E-state index in [1.54, 1.807) is 0 Å². The Morgan fingerprint density at radius 2 is 0.641 bits per heavy atom. The predicted octanol–water partition coefficient (Wildman–Crippen LogP) is 17.6. The second-order valence-corrected chi connectivity index (χ2v) is 17.4. The molecule has 0 N–H and O–H groups in total. The second kappa shape index (κ2) is 52.2. The summed E-state index contributed by atoms with van der Waals surface area (Å²) in [6.07, 6.45) is 67.2. The first kappa shape index (κ1) is 60.6. The molecule has 0 saturated heterocycles. The summed E-state index contributed by atoms with van der Waals surface area (Å²) in [4.78, 5) is 38.0. The van der Waals surface area contributed by atoms with Crippen LogP contribution in [0, 0.1) is 0 Å². The van der Waals surface area contributed by atoms with Gasteiger partial charge in [0.25, 0.3) is 0 Å². The lowest BCUT2D eigenvalue weighted by Crippen LogP contribution is -2.30. The van der Waals surface area contributed by atoms with E-state index < -0.39 is 6.10 Å². The molecular formula is C58H98O6. The largest absolute Gasteiger partial charge is 0.462 e. The van der Waals surface area contributed by atoms with E-state index >= 15 is 0 Å². The summed E-state index contributed by atoms with van der Waals surface area (Å²) >= 11 is 0. The van der Waals surface area contributed by atoms with Gasteiger partial charge < -0.3 is 14.2 Å². The number of carbonyl (C=O) groups is 3. The van der Waals surface area contributed by atoms with Gasteiger partial charge in [0, 0.05) is 19.3 Å². The molecule has 366 valence electrons. The number of hydrogen-bond acceptors (Lipinski definition) is 6. The average Bonchev–Trinajstić information content (AvgIpc) is 3.29. The number of carbonyl (C=O) groups excluding carboxylic acids is 3. The van der Waals surface area contributed by atoms with Gasteiger partial charge in [0.15, 0.2) is 6.10 Å². The van der Waals surface area contributed by atoms with Crippen LogP contribution in [0.5, 0.6) is 0 Å². The average molecular weight is 891 g/mol. The van der Waals surface area contributed by atoms with Gasteiger partial charge in [-0.15, -0.1) is 0 Å². The summed E-state index contributed by atoms with van der Waals surface area (Å²) in [6.45, 7) is 6.42. The van der Waals surface area contributed by atoms with E-state index in [1.807, 2.05) is 12.2 Å². The Morgan fingerprint density at radius 3 is 1.08 bits per heavy atom. The maximum Gasteiger partial charge on any atom is 0.306 e. The highest BCUT2D eigenvalue weighted by Crippen LogP contribution is 2.14. The van der Waals surface area contributed by atoms with Crippen LogP contribution in [0.15, 0.2) is 85.1 Å². The molecule has 0 aliphatic heterocycles. The van der Waals surface area contributed by atoms with E-state index in [4.69, 9.17) is 14.2 Å². The van der Waals surface area contributed by atoms with Gasteiger partial charge >= 0.3 is 17.9 Å². The minimum Gasteiger partial charge on any atom is -0.462 e. The Morgan fingerprint density at radius 1 is 0.328 bits per heavy atom. The first-order valence-corrected chi connectivity index (χ1v) is 26.6. The Labute approximate surface area is 395 Å². The molecule has 1 atom stereocenters. The quantitative estimate of drug-likeness (QED) is 0.0262. The van der Waals surface area contributed by atoms with Crippen LogP contribution in [-0.2, 0) is 28.6 Å². The topological polar surface area (TPSA) is 78.9 Å². The van der Waals surface area contributed by atoms with Gasteiger partial charge in [0.05, 0.1) is 0 Å². The SMILES string of the molecule is CC/C=C\C/C=C\C/C=C\C/C=C\CCC(=O)OCC(COC(=O)CCCCCCCCC/C=C\C/C=C\CCCCCC)OC(=O)CCCCCCC/C=C\CCCCCCCC. The smallest absolute Gasteiger partial charge is 0.306 e. The molecule has 64 heavy (non-hydrogen) atoms. The van der Waals surface area contributed by atoms with E-state index in [2.05, 4.69) is 93.7 Å². The van der Waals surface area contributed by atoms with E-state index in [0.29, 0.717) is 19.3 Å². The highest BCUT2D eigenvalue weighted by molar-refractivity contribution is 5.71. The van der Waals surface area contributed by atoms with Crippen LogP contribution in [0.3, 0.4) is 0 Å². The minimum absolute atomic E-state index is 0.106. The van der Waals surface area contributed by atoms with Crippen LogP contribution in [0.4, 0.5) is 0 Å². The van der Waals surface area contributed by atoms with Crippen LogP contribution < -0.4 is 0 Å². The zero-order valence-electron chi connectivity index (χ0n) is 41.8. The fourth-order valence-corrected chi connectivity index (χ4v) is 7.13. The Balaban J connectivity index is 4.47. The zero-order valence-corrected chi connectivity index (χ0v) is 41.8. The maximum absolute atomic E-state index is 12.8. The van der Waals surface area contributed by atoms with Crippen molar-refractivity contribution in [2.24, 2.45) is 0 Å². The van der Waals surface area contributed by atoms with Crippen molar-refractivity contribution in [3.05, 3.63) is 85.1 Å². The van der Waals surface area contributed by atoms with Gasteiger partial charge in [-0.05, 0) is 103 Å². The molecular weight excluding hydrogens is 793 g/mol. The minimum atomic E-state index is -0.812. The van der Waals surface area contributed by atoms with Gasteiger partial charge in [-0.25, -0.2) is 0 Å². The molecule has 0 aliphatic rings. The summed E-state index contributed by atoms with van der Waals surface area (Å²) in [7, 11) is 0. The highest BCUT2D eigenvalue weighted by atomic mass is 16.6. The van der Waals surface area contributed by atoms with Crippen molar-refractivity contribution in [2.75, 3.05) is 13.2 Å². The van der Waals surface area contributed by atoms with Crippen molar-refractivity contribution >= 4 is 17.9 Å². The van der Waals surface area contributed by atoms with E-state index in [0.717, 1.165) is 89.9 Å². The molecule has 6 nitrogen and oxygen atoms in total. The lowest BCUT2D eigenvalue weighted by molar-refractivity contribution is -0.166. The first-order valence-electron chi connectivity index (χ1n) is 26.6. The summed E-state index contributed by atoms with van der Waals surface area (Å²) in [5.74, 6) is -1.01. The fraction of sp³-hybridized carbons (Fsp3) is 0.707. The van der Waals surface area contributed by atoms with Crippen molar-refractivity contribution in [3.8, 4) is 0 Å². The normalized spacial score (nSPS) is 12.7. The first-order chi connectivity index (χ1) is 31.5. The molecule has 0 aliphatic carbocycles. The summed E-state index contributed by atoms with van der Waals surface area (Å²) in [6, 6.07) is 0. The molecule has 0 saturated carbocycles. The Bertz CT molecular complexity index is 1250. The van der Waals surface area contributed by atoms with Gasteiger partial charge in [0.2, 0.25) is 0 Å². The second-order valence-electron chi connectivity index (χ2n) is 17.4. The summed E-state index contributed by atoms with van der Waals surface area (Å²) < 4.78 is 16.7. The molecule has 0 rings (SSSR count). The van der Waals surface area contributed by atoms with Crippen LogP contribution in [0.1, 0.15) is 245 Å². The van der Waals surface area contributed by atoms with Crippen LogP contribution in [0.25, 0.3) is 0 Å². The van der Waals surface area contributed by atoms with Crippen LogP contribution in [0.2, 0.25) is 0 Å². The standard InChI is InChI=1S/C58H98O6/c1-4-7-10-13-16-19-22-25-27-28-29-31-33-36-39-42-45-48-51-57(60)63-54-55(53-62-56(59)50-47-44-41-38-35-32-24-21-18-15-12-9-6-3)64-58(61)52-49-46-43-40-37-34-30-26-23-20-17-14-11-8-5-2/h9,12,18-19,21-22,26-28,30,32,35,41,44,55H,4-8,10-11,13-17,20,23-25,29,31,33-34,36-40,42-43,45-54H2,1-3H3/b12-9-,21-18-,22-19-,28-27-,30-26-,35-32-,44-41-. The number of rotatable bonds is 47. The van der Waals surface area contributed by atoms with Crippen LogP contribution in [-0.4, -0.2) is 37.2 Å². The van der Waals surface area contributed by atoms with Crippen molar-refractivity contribution in [1.29, 1.82) is 0 Å². The maximum atomic E-state index is 12.8. The summed E-state index contributed by atoms with van der Waals surface area (Å²) in [5, 5.41) is 0. The molecule has 1 unspecified atom stereocenters. The number of esters is 3. The molecule has 0 heterocycles. The molecule has 0 spiro atoms. The molecule has 0 radical (unpaired) electrons. The van der Waals surface area contributed by atoms with E-state index in [1.165, 1.54) is 109 Å². The predicted molar refractivity (Wildman–Crippen MR) is 274 cm³/mol. The molecule has 6 heteroatoms. The van der Waals surface area contributed by atoms with Gasteiger partial charge in [-0.3, -0.25) is 14.4 Å². The Hall–Kier alpha value is -3.41. The van der Waals surface area contributed by atoms with Gasteiger partial charge in [0.1, 0.15) is 13.2 Å². The van der Waals surface area contributed by atoms with Crippen LogP contribution >= 0.6 is 0 Å². The molecule has 0 aromatic heterocycles. The third-order valence-corrected chi connectivity index (χ3v) is 11.1. The van der Waals surface area contributed by atoms with Gasteiger partial charge in [-0.2, -0.15) is 0 Å². The zero-order chi connectivity index (χ0) is 46.5. The lowest BCUT2D eigenvalue weighted by Gasteiger charge is -2.18. The van der Waals surface area contributed by atoms with Crippen molar-refractivity contribution in [1.82, 2.24) is 0 Å². The Kier molecular flexibility index (Phi) is 49.4. The van der Waals surface area contributed by atoms with E-state index in [-0.39, 0.29) is 37.5 Å². The number of unbranched alkanes of at least 4 members (excludes halogenated alkanes) is 22. The monoisotopic (exact) mass is 891 g/mol. The number of ether oxygens (including phenoxy) is 3. The fourth-order valence-electron chi connectivity index (χ4n) is 7.13. The highest BCUT2D eigenvalue weighted by Gasteiger charge is 2.19. The lowest BCUT2D eigenvalue weighted by atomic mass is 10.1. The molecule has 0 bridgehead atoms. The van der Waals surface area contributed by atoms with Gasteiger partial charge in [-0.1, -0.05) is 209 Å². The third kappa shape index (κ3) is 49.6. The number of hydrogen-bond donors (Lipinski definition) is 0. The van der Waals surface area contributed by atoms with Crippen molar-refractivity contribution in [3.63, 3.8) is 0 Å². The van der Waals surface area contributed by atoms with E-state index in [9.17, 15) is 14.4 Å². The van der Waals surface area contributed by atoms with Crippen molar-refractivity contribution in [2.45, 2.75) is 252 Å². The third-order valence-electron chi connectivity index (χ3n) is 11.1. The molecule has 0 aromatic rings. The van der Waals surface area contributed by atoms with Crippen molar-refractivity contribution < 1.29 is 28.6 Å². The summed E-state index contributed by atoms with van der Waals surface area (Å²) in [5.41, 5.74) is 0. The molecule has 0 amide bonds. The number of allylic oxidation sites excluding steroid dienone is 14. The molecule has 0 aromatic carbocycles.